The lowest BCUT2D eigenvalue weighted by atomic mass is 10.1. The first-order chi connectivity index (χ1) is 9.22. The lowest BCUT2D eigenvalue weighted by Gasteiger charge is -2.20. The normalized spacial score (nSPS) is 17.8. The number of Topliss-reactive ketones (excluding diaryl/α,β-unsaturated/α-hetero) is 1. The standard InChI is InChI=1S/C14H14N2O3/c15-9-13(17)12-7-4-8-16(12)14(18)19-10-11-5-2-1-3-6-11/h1-3,5-6,12H,4,7-8,10H2/t12-/m0/s1. The number of carbonyl (C=O) groups is 2. The predicted molar refractivity (Wildman–Crippen MR) is 67.0 cm³/mol. The molecule has 1 aromatic carbocycles. The Morgan fingerprint density at radius 3 is 2.79 bits per heavy atom. The minimum Gasteiger partial charge on any atom is -0.445 e. The summed E-state index contributed by atoms with van der Waals surface area (Å²) >= 11 is 0. The molecule has 0 bridgehead atoms. The lowest BCUT2D eigenvalue weighted by Crippen LogP contribution is -2.40. The van der Waals surface area contributed by atoms with Gasteiger partial charge < -0.3 is 4.74 Å². The topological polar surface area (TPSA) is 70.4 Å². The number of ketones is 1. The van der Waals surface area contributed by atoms with E-state index in [-0.39, 0.29) is 6.61 Å². The minimum atomic E-state index is -0.645. The van der Waals surface area contributed by atoms with Crippen molar-refractivity contribution < 1.29 is 14.3 Å². The summed E-state index contributed by atoms with van der Waals surface area (Å²) < 4.78 is 5.16. The molecule has 1 aliphatic heterocycles. The predicted octanol–water partition coefficient (Wildman–Crippen LogP) is 1.88. The molecule has 0 saturated carbocycles. The Hall–Kier alpha value is -2.35. The molecule has 1 heterocycles. The van der Waals surface area contributed by atoms with Gasteiger partial charge in [0.25, 0.3) is 5.78 Å². The molecule has 0 aliphatic carbocycles. The van der Waals surface area contributed by atoms with Gasteiger partial charge in [-0.15, -0.1) is 0 Å². The summed E-state index contributed by atoms with van der Waals surface area (Å²) in [4.78, 5) is 24.6. The highest BCUT2D eigenvalue weighted by Crippen LogP contribution is 2.19. The van der Waals surface area contributed by atoms with Crippen LogP contribution in [0.25, 0.3) is 0 Å². The van der Waals surface area contributed by atoms with Gasteiger partial charge in [-0.2, -0.15) is 5.26 Å². The number of rotatable bonds is 3. The van der Waals surface area contributed by atoms with E-state index in [2.05, 4.69) is 0 Å². The average molecular weight is 258 g/mol. The Morgan fingerprint density at radius 1 is 1.37 bits per heavy atom. The van der Waals surface area contributed by atoms with Gasteiger partial charge in [0.1, 0.15) is 18.7 Å². The van der Waals surface area contributed by atoms with Gasteiger partial charge in [-0.3, -0.25) is 9.69 Å². The monoisotopic (exact) mass is 258 g/mol. The molecule has 1 aromatic rings. The third-order valence-electron chi connectivity index (χ3n) is 3.11. The summed E-state index contributed by atoms with van der Waals surface area (Å²) in [6.07, 6.45) is 0.723. The van der Waals surface area contributed by atoms with E-state index in [4.69, 9.17) is 10.00 Å². The molecule has 0 unspecified atom stereocenters. The van der Waals surface area contributed by atoms with Crippen molar-refractivity contribution in [1.29, 1.82) is 5.26 Å². The van der Waals surface area contributed by atoms with Crippen molar-refractivity contribution in [3.63, 3.8) is 0 Å². The van der Waals surface area contributed by atoms with Gasteiger partial charge in [0.2, 0.25) is 0 Å². The van der Waals surface area contributed by atoms with Gasteiger partial charge in [-0.1, -0.05) is 30.3 Å². The largest absolute Gasteiger partial charge is 0.445 e. The fraction of sp³-hybridized carbons (Fsp3) is 0.357. The summed E-state index contributed by atoms with van der Waals surface area (Å²) in [5, 5.41) is 8.62. The third-order valence-corrected chi connectivity index (χ3v) is 3.11. The van der Waals surface area contributed by atoms with Crippen LogP contribution in [0.3, 0.4) is 0 Å². The maximum absolute atomic E-state index is 11.9. The van der Waals surface area contributed by atoms with Gasteiger partial charge in [0.05, 0.1) is 0 Å². The number of nitriles is 1. The number of amides is 1. The zero-order valence-corrected chi connectivity index (χ0v) is 10.4. The number of benzene rings is 1. The van der Waals surface area contributed by atoms with Gasteiger partial charge in [0, 0.05) is 6.54 Å². The van der Waals surface area contributed by atoms with E-state index >= 15 is 0 Å². The molecular weight excluding hydrogens is 244 g/mol. The van der Waals surface area contributed by atoms with Crippen molar-refractivity contribution >= 4 is 11.9 Å². The summed E-state index contributed by atoms with van der Waals surface area (Å²) in [7, 11) is 0. The van der Waals surface area contributed by atoms with Crippen molar-refractivity contribution in [2.75, 3.05) is 6.54 Å². The second kappa shape index (κ2) is 6.01. The van der Waals surface area contributed by atoms with Crippen LogP contribution in [0.1, 0.15) is 18.4 Å². The molecule has 0 N–H and O–H groups in total. The molecule has 2 rings (SSSR count). The molecule has 1 fully saturated rings. The number of carbonyl (C=O) groups excluding carboxylic acids is 2. The Morgan fingerprint density at radius 2 is 2.11 bits per heavy atom. The minimum absolute atomic E-state index is 0.170. The molecule has 0 radical (unpaired) electrons. The van der Waals surface area contributed by atoms with Crippen LogP contribution in [0.2, 0.25) is 0 Å². The smallest absolute Gasteiger partial charge is 0.410 e. The molecule has 1 saturated heterocycles. The molecule has 1 atom stereocenters. The molecule has 19 heavy (non-hydrogen) atoms. The summed E-state index contributed by atoms with van der Waals surface area (Å²) in [5.41, 5.74) is 0.887. The zero-order chi connectivity index (χ0) is 13.7. The lowest BCUT2D eigenvalue weighted by molar-refractivity contribution is -0.117. The number of hydrogen-bond donors (Lipinski definition) is 0. The van der Waals surface area contributed by atoms with Crippen LogP contribution in [0.4, 0.5) is 4.79 Å². The Kier molecular flexibility index (Phi) is 4.14. The van der Waals surface area contributed by atoms with E-state index in [1.807, 2.05) is 30.3 Å². The van der Waals surface area contributed by atoms with Gasteiger partial charge >= 0.3 is 6.09 Å². The van der Waals surface area contributed by atoms with Crippen LogP contribution in [0.5, 0.6) is 0 Å². The van der Waals surface area contributed by atoms with Crippen LogP contribution in [0.15, 0.2) is 30.3 Å². The summed E-state index contributed by atoms with van der Waals surface area (Å²) in [6.45, 7) is 0.634. The second-order valence-electron chi connectivity index (χ2n) is 4.37. The Balaban J connectivity index is 1.93. The van der Waals surface area contributed by atoms with Crippen LogP contribution in [-0.4, -0.2) is 29.4 Å². The van der Waals surface area contributed by atoms with Gasteiger partial charge in [0.15, 0.2) is 0 Å². The summed E-state index contributed by atoms with van der Waals surface area (Å²) in [5.74, 6) is -0.575. The van der Waals surface area contributed by atoms with E-state index in [1.165, 1.54) is 4.90 Å². The third kappa shape index (κ3) is 3.10. The molecule has 98 valence electrons. The molecule has 1 amide bonds. The fourth-order valence-corrected chi connectivity index (χ4v) is 2.13. The molecular formula is C14H14N2O3. The van der Waals surface area contributed by atoms with E-state index in [0.29, 0.717) is 13.0 Å². The number of ether oxygens (including phenoxy) is 1. The molecule has 0 aromatic heterocycles. The van der Waals surface area contributed by atoms with Crippen molar-refractivity contribution in [2.45, 2.75) is 25.5 Å². The van der Waals surface area contributed by atoms with Crippen LogP contribution in [-0.2, 0) is 16.1 Å². The van der Waals surface area contributed by atoms with Crippen molar-refractivity contribution in [3.8, 4) is 6.07 Å². The Labute approximate surface area is 111 Å². The van der Waals surface area contributed by atoms with Crippen LogP contribution in [0, 0.1) is 11.3 Å². The highest BCUT2D eigenvalue weighted by Gasteiger charge is 2.34. The highest BCUT2D eigenvalue weighted by molar-refractivity contribution is 5.99. The zero-order valence-electron chi connectivity index (χ0n) is 10.4. The maximum atomic E-state index is 11.9. The second-order valence-corrected chi connectivity index (χ2v) is 4.37. The molecule has 5 nitrogen and oxygen atoms in total. The number of hydrogen-bond acceptors (Lipinski definition) is 4. The number of nitrogens with zero attached hydrogens (tertiary/aromatic N) is 2. The van der Waals surface area contributed by atoms with Gasteiger partial charge in [-0.25, -0.2) is 4.79 Å². The van der Waals surface area contributed by atoms with Crippen molar-refractivity contribution in [2.24, 2.45) is 0 Å². The summed E-state index contributed by atoms with van der Waals surface area (Å²) in [6, 6.07) is 10.3. The van der Waals surface area contributed by atoms with E-state index in [1.54, 1.807) is 6.07 Å². The first kappa shape index (κ1) is 13.1. The van der Waals surface area contributed by atoms with Crippen LogP contribution >= 0.6 is 0 Å². The van der Waals surface area contributed by atoms with Gasteiger partial charge in [-0.05, 0) is 18.4 Å². The quantitative estimate of drug-likeness (QED) is 0.776. The van der Waals surface area contributed by atoms with E-state index in [0.717, 1.165) is 12.0 Å². The fourth-order valence-electron chi connectivity index (χ4n) is 2.13. The Bertz CT molecular complexity index is 507. The number of likely N-dealkylation sites (tertiary alicyclic amines) is 1. The van der Waals surface area contributed by atoms with Crippen molar-refractivity contribution in [1.82, 2.24) is 4.90 Å². The van der Waals surface area contributed by atoms with Crippen LogP contribution < -0.4 is 0 Å². The van der Waals surface area contributed by atoms with Crippen molar-refractivity contribution in [3.05, 3.63) is 35.9 Å². The van der Waals surface area contributed by atoms with E-state index in [9.17, 15) is 9.59 Å². The molecule has 0 spiro atoms. The average Bonchev–Trinajstić information content (AvgIpc) is 2.94. The highest BCUT2D eigenvalue weighted by atomic mass is 16.6. The maximum Gasteiger partial charge on any atom is 0.410 e. The first-order valence-corrected chi connectivity index (χ1v) is 6.13. The SMILES string of the molecule is N#CC(=O)[C@@H]1CCCN1C(=O)OCc1ccccc1. The molecule has 5 heteroatoms. The van der Waals surface area contributed by atoms with E-state index < -0.39 is 17.9 Å². The molecule has 1 aliphatic rings. The first-order valence-electron chi connectivity index (χ1n) is 6.13.